The number of anilines is 1. The van der Waals surface area contributed by atoms with Gasteiger partial charge in [0.2, 0.25) is 0 Å². The van der Waals surface area contributed by atoms with Gasteiger partial charge in [0.15, 0.2) is 0 Å². The molecule has 0 amide bonds. The molecule has 1 aliphatic heterocycles. The molecule has 0 aromatic heterocycles. The quantitative estimate of drug-likeness (QED) is 0.611. The van der Waals surface area contributed by atoms with E-state index in [4.69, 9.17) is 10.8 Å². The highest BCUT2D eigenvalue weighted by Gasteiger charge is 2.19. The number of aromatic carboxylic acids is 1. The normalized spacial score (nSPS) is 19.6. The zero-order valence-electron chi connectivity index (χ0n) is 7.66. The van der Waals surface area contributed by atoms with Crippen molar-refractivity contribution in [2.75, 3.05) is 11.9 Å². The van der Waals surface area contributed by atoms with Crippen LogP contribution in [0.25, 0.3) is 0 Å². The van der Waals surface area contributed by atoms with Gasteiger partial charge in [-0.15, -0.1) is 0 Å². The van der Waals surface area contributed by atoms with Gasteiger partial charge < -0.3 is 16.2 Å². The van der Waals surface area contributed by atoms with Crippen molar-refractivity contribution in [2.24, 2.45) is 5.73 Å². The third-order valence-electron chi connectivity index (χ3n) is 2.40. The number of rotatable bonds is 1. The lowest BCUT2D eigenvalue weighted by atomic mass is 9.97. The second-order valence-electron chi connectivity index (χ2n) is 3.49. The summed E-state index contributed by atoms with van der Waals surface area (Å²) >= 11 is 0. The first kappa shape index (κ1) is 9.02. The second-order valence-corrected chi connectivity index (χ2v) is 3.49. The van der Waals surface area contributed by atoms with E-state index in [9.17, 15) is 4.79 Å². The minimum atomic E-state index is -0.898. The summed E-state index contributed by atoms with van der Waals surface area (Å²) < 4.78 is 0. The summed E-state index contributed by atoms with van der Waals surface area (Å²) in [7, 11) is 0. The molecule has 0 aliphatic carbocycles. The van der Waals surface area contributed by atoms with Crippen LogP contribution in [0.3, 0.4) is 0 Å². The number of carboxylic acid groups (broad SMARTS) is 1. The van der Waals surface area contributed by atoms with Gasteiger partial charge in [-0.1, -0.05) is 12.1 Å². The van der Waals surface area contributed by atoms with E-state index in [2.05, 4.69) is 5.32 Å². The summed E-state index contributed by atoms with van der Waals surface area (Å²) in [5.74, 6) is -0.898. The summed E-state index contributed by atoms with van der Waals surface area (Å²) in [5.41, 5.74) is 7.81. The van der Waals surface area contributed by atoms with E-state index in [0.29, 0.717) is 12.1 Å². The molecule has 1 aromatic carbocycles. The van der Waals surface area contributed by atoms with Gasteiger partial charge in [-0.2, -0.15) is 0 Å². The average molecular weight is 192 g/mol. The van der Waals surface area contributed by atoms with Crippen LogP contribution in [0.2, 0.25) is 0 Å². The largest absolute Gasteiger partial charge is 0.478 e. The number of hydrogen-bond donors (Lipinski definition) is 3. The Labute approximate surface area is 81.7 Å². The zero-order chi connectivity index (χ0) is 10.1. The molecule has 0 fully saturated rings. The second kappa shape index (κ2) is 3.31. The third-order valence-corrected chi connectivity index (χ3v) is 2.40. The molecule has 0 saturated heterocycles. The van der Waals surface area contributed by atoms with Crippen molar-refractivity contribution in [1.82, 2.24) is 0 Å². The van der Waals surface area contributed by atoms with Gasteiger partial charge in [-0.05, 0) is 18.1 Å². The van der Waals surface area contributed by atoms with Gasteiger partial charge in [0.1, 0.15) is 0 Å². The van der Waals surface area contributed by atoms with Gasteiger partial charge in [-0.25, -0.2) is 4.79 Å². The Hall–Kier alpha value is -1.55. The summed E-state index contributed by atoms with van der Waals surface area (Å²) in [6.07, 6.45) is 0.740. The van der Waals surface area contributed by atoms with Crippen LogP contribution in [0.4, 0.5) is 5.69 Å². The van der Waals surface area contributed by atoms with Crippen LogP contribution in [-0.2, 0) is 6.42 Å². The molecule has 0 unspecified atom stereocenters. The maximum Gasteiger partial charge on any atom is 0.337 e. The number of hydrogen-bond acceptors (Lipinski definition) is 3. The monoisotopic (exact) mass is 192 g/mol. The summed E-state index contributed by atoms with van der Waals surface area (Å²) in [6.45, 7) is 0.636. The van der Waals surface area contributed by atoms with E-state index in [0.717, 1.165) is 17.7 Å². The summed E-state index contributed by atoms with van der Waals surface area (Å²) in [5, 5.41) is 12.0. The van der Waals surface area contributed by atoms with E-state index in [1.807, 2.05) is 6.07 Å². The number of nitrogens with one attached hydrogen (secondary N) is 1. The van der Waals surface area contributed by atoms with Crippen LogP contribution in [0.15, 0.2) is 18.2 Å². The predicted octanol–water partition coefficient (Wildman–Crippen LogP) is 0.680. The Morgan fingerprint density at radius 1 is 1.57 bits per heavy atom. The Bertz CT molecular complexity index is 376. The fourth-order valence-corrected chi connectivity index (χ4v) is 1.75. The summed E-state index contributed by atoms with van der Waals surface area (Å²) in [6, 6.07) is 5.34. The zero-order valence-corrected chi connectivity index (χ0v) is 7.66. The molecule has 0 saturated carbocycles. The van der Waals surface area contributed by atoms with Gasteiger partial charge in [-0.3, -0.25) is 0 Å². The van der Waals surface area contributed by atoms with Crippen molar-refractivity contribution in [3.63, 3.8) is 0 Å². The van der Waals surface area contributed by atoms with E-state index in [1.54, 1.807) is 12.1 Å². The molecule has 1 heterocycles. The van der Waals surface area contributed by atoms with Crippen molar-refractivity contribution in [2.45, 2.75) is 12.5 Å². The number of benzene rings is 1. The van der Waals surface area contributed by atoms with Crippen LogP contribution < -0.4 is 11.1 Å². The molecular formula is C10H12N2O2. The maximum absolute atomic E-state index is 10.9. The van der Waals surface area contributed by atoms with Crippen molar-refractivity contribution in [3.05, 3.63) is 29.3 Å². The molecule has 4 heteroatoms. The van der Waals surface area contributed by atoms with Gasteiger partial charge in [0.25, 0.3) is 0 Å². The predicted molar refractivity (Wildman–Crippen MR) is 53.6 cm³/mol. The molecule has 0 radical (unpaired) electrons. The number of nitrogens with two attached hydrogens (primary N) is 1. The first-order valence-corrected chi connectivity index (χ1v) is 4.53. The highest BCUT2D eigenvalue weighted by atomic mass is 16.4. The molecule has 4 N–H and O–H groups in total. The average Bonchev–Trinajstić information content (AvgIpc) is 2.16. The van der Waals surface area contributed by atoms with Crippen molar-refractivity contribution >= 4 is 11.7 Å². The first-order chi connectivity index (χ1) is 6.68. The molecular weight excluding hydrogens is 180 g/mol. The van der Waals surface area contributed by atoms with Gasteiger partial charge in [0, 0.05) is 12.6 Å². The van der Waals surface area contributed by atoms with Crippen LogP contribution >= 0.6 is 0 Å². The minimum absolute atomic E-state index is 0.0755. The Morgan fingerprint density at radius 3 is 3.07 bits per heavy atom. The van der Waals surface area contributed by atoms with Crippen LogP contribution in [0.5, 0.6) is 0 Å². The number of carbonyl (C=O) groups is 1. The molecule has 0 spiro atoms. The maximum atomic E-state index is 10.9. The molecule has 74 valence electrons. The van der Waals surface area contributed by atoms with Crippen molar-refractivity contribution in [3.8, 4) is 0 Å². The van der Waals surface area contributed by atoms with E-state index in [-0.39, 0.29) is 6.04 Å². The van der Waals surface area contributed by atoms with Gasteiger partial charge in [0.05, 0.1) is 11.3 Å². The molecule has 1 aromatic rings. The van der Waals surface area contributed by atoms with Crippen LogP contribution in [-0.4, -0.2) is 23.7 Å². The van der Waals surface area contributed by atoms with Crippen molar-refractivity contribution in [1.29, 1.82) is 0 Å². The molecule has 2 rings (SSSR count). The fourth-order valence-electron chi connectivity index (χ4n) is 1.75. The van der Waals surface area contributed by atoms with Crippen molar-refractivity contribution < 1.29 is 9.90 Å². The fraction of sp³-hybridized carbons (Fsp3) is 0.300. The minimum Gasteiger partial charge on any atom is -0.478 e. The van der Waals surface area contributed by atoms with E-state index >= 15 is 0 Å². The Balaban J connectivity index is 2.46. The SMILES string of the molecule is N[C@@H]1CNc2c(cccc2C(=O)O)C1. The summed E-state index contributed by atoms with van der Waals surface area (Å²) in [4.78, 5) is 10.9. The molecule has 14 heavy (non-hydrogen) atoms. The molecule has 1 atom stereocenters. The Morgan fingerprint density at radius 2 is 2.36 bits per heavy atom. The lowest BCUT2D eigenvalue weighted by Crippen LogP contribution is -2.35. The lowest BCUT2D eigenvalue weighted by Gasteiger charge is -2.24. The number of carboxylic acids is 1. The molecule has 0 bridgehead atoms. The molecule has 4 nitrogen and oxygen atoms in total. The van der Waals surface area contributed by atoms with E-state index < -0.39 is 5.97 Å². The standard InChI is InChI=1S/C10H12N2O2/c11-7-4-6-2-1-3-8(10(13)14)9(6)12-5-7/h1-3,7,12H,4-5,11H2,(H,13,14)/t7-/m0/s1. The van der Waals surface area contributed by atoms with Gasteiger partial charge >= 0.3 is 5.97 Å². The Kier molecular flexibility index (Phi) is 2.13. The first-order valence-electron chi connectivity index (χ1n) is 4.53. The smallest absolute Gasteiger partial charge is 0.337 e. The van der Waals surface area contributed by atoms with Crippen LogP contribution in [0, 0.1) is 0 Å². The highest BCUT2D eigenvalue weighted by Crippen LogP contribution is 2.25. The molecule has 1 aliphatic rings. The van der Waals surface area contributed by atoms with Crippen LogP contribution in [0.1, 0.15) is 15.9 Å². The highest BCUT2D eigenvalue weighted by molar-refractivity contribution is 5.95. The topological polar surface area (TPSA) is 75.3 Å². The number of para-hydroxylation sites is 1. The lowest BCUT2D eigenvalue weighted by molar-refractivity contribution is 0.0697. The number of fused-ring (bicyclic) bond motifs is 1. The van der Waals surface area contributed by atoms with E-state index in [1.165, 1.54) is 0 Å². The third kappa shape index (κ3) is 1.44.